The van der Waals surface area contributed by atoms with Gasteiger partial charge in [0.25, 0.3) is 0 Å². The average Bonchev–Trinajstić information content (AvgIpc) is 2.30. The van der Waals surface area contributed by atoms with Crippen LogP contribution in [-0.2, 0) is 6.54 Å². The summed E-state index contributed by atoms with van der Waals surface area (Å²) in [5.41, 5.74) is 6.70. The lowest BCUT2D eigenvalue weighted by molar-refractivity contribution is 0.612. The molecule has 0 unspecified atom stereocenters. The number of thioether (sulfide) groups is 1. The molecule has 2 heterocycles. The molecule has 0 aliphatic carbocycles. The maximum atomic E-state index is 5.52. The first-order valence-corrected chi connectivity index (χ1v) is 6.15. The molecule has 0 radical (unpaired) electrons. The van der Waals surface area contributed by atoms with Gasteiger partial charge >= 0.3 is 0 Å². The lowest BCUT2D eigenvalue weighted by atomic mass is 9.99. The highest BCUT2D eigenvalue weighted by Gasteiger charge is 2.17. The summed E-state index contributed by atoms with van der Waals surface area (Å²) >= 11 is 2.04. The molecule has 2 N–H and O–H groups in total. The number of aromatic nitrogens is 2. The predicted octanol–water partition coefficient (Wildman–Crippen LogP) is 1.97. The Morgan fingerprint density at radius 3 is 2.80 bits per heavy atom. The van der Waals surface area contributed by atoms with Crippen molar-refractivity contribution >= 4 is 24.2 Å². The molecule has 1 aliphatic heterocycles. The number of halogens is 1. The van der Waals surface area contributed by atoms with Crippen LogP contribution in [-0.4, -0.2) is 21.5 Å². The lowest BCUT2D eigenvalue weighted by Crippen LogP contribution is -2.12. The summed E-state index contributed by atoms with van der Waals surface area (Å²) in [6.45, 7) is 0.440. The van der Waals surface area contributed by atoms with Crippen LogP contribution in [0.1, 0.15) is 30.3 Å². The van der Waals surface area contributed by atoms with Gasteiger partial charge in [0.2, 0.25) is 0 Å². The van der Waals surface area contributed by atoms with Gasteiger partial charge in [-0.15, -0.1) is 12.4 Å². The van der Waals surface area contributed by atoms with Gasteiger partial charge < -0.3 is 5.73 Å². The van der Waals surface area contributed by atoms with Gasteiger partial charge in [-0.2, -0.15) is 11.8 Å². The van der Waals surface area contributed by atoms with E-state index in [0.717, 1.165) is 5.82 Å². The van der Waals surface area contributed by atoms with E-state index in [1.807, 2.05) is 24.0 Å². The van der Waals surface area contributed by atoms with Crippen LogP contribution >= 0.6 is 24.2 Å². The molecule has 5 heteroatoms. The number of nitrogens with two attached hydrogens (primary N) is 1. The van der Waals surface area contributed by atoms with E-state index < -0.39 is 0 Å². The van der Waals surface area contributed by atoms with Crippen molar-refractivity contribution < 1.29 is 0 Å². The highest BCUT2D eigenvalue weighted by molar-refractivity contribution is 7.99. The fourth-order valence-electron chi connectivity index (χ4n) is 1.73. The zero-order valence-corrected chi connectivity index (χ0v) is 10.2. The molecule has 1 aromatic rings. The van der Waals surface area contributed by atoms with Crippen LogP contribution in [0.25, 0.3) is 0 Å². The van der Waals surface area contributed by atoms with Gasteiger partial charge in [0.15, 0.2) is 0 Å². The van der Waals surface area contributed by atoms with Crippen molar-refractivity contribution in [3.8, 4) is 0 Å². The molecule has 2 rings (SSSR count). The Labute approximate surface area is 101 Å². The highest BCUT2D eigenvalue weighted by atomic mass is 35.5. The second kappa shape index (κ2) is 6.30. The Bertz CT molecular complexity index is 302. The van der Waals surface area contributed by atoms with Gasteiger partial charge in [-0.3, -0.25) is 0 Å². The summed E-state index contributed by atoms with van der Waals surface area (Å²) in [6.07, 6.45) is 4.31. The van der Waals surface area contributed by atoms with Crippen molar-refractivity contribution in [3.05, 3.63) is 23.8 Å². The first-order chi connectivity index (χ1) is 6.90. The molecule has 1 aliphatic rings. The third-order valence-electron chi connectivity index (χ3n) is 2.55. The van der Waals surface area contributed by atoms with Crippen molar-refractivity contribution in [1.29, 1.82) is 0 Å². The molecule has 1 fully saturated rings. The summed E-state index contributed by atoms with van der Waals surface area (Å²) in [4.78, 5) is 8.58. The highest BCUT2D eigenvalue weighted by Crippen LogP contribution is 2.29. The SMILES string of the molecule is Cl.NCc1nccc(C2CCSCC2)n1. The summed E-state index contributed by atoms with van der Waals surface area (Å²) in [5, 5.41) is 0. The standard InChI is InChI=1S/C10H15N3S.ClH/c11-7-10-12-4-1-9(13-10)8-2-5-14-6-3-8;/h1,4,8H,2-3,5-7,11H2;1H. The second-order valence-electron chi connectivity index (χ2n) is 3.49. The monoisotopic (exact) mass is 245 g/mol. The van der Waals surface area contributed by atoms with Crippen LogP contribution in [0.3, 0.4) is 0 Å². The lowest BCUT2D eigenvalue weighted by Gasteiger charge is -2.20. The van der Waals surface area contributed by atoms with Crippen LogP contribution in [0.5, 0.6) is 0 Å². The van der Waals surface area contributed by atoms with E-state index in [9.17, 15) is 0 Å². The van der Waals surface area contributed by atoms with Gasteiger partial charge in [-0.25, -0.2) is 9.97 Å². The fraction of sp³-hybridized carbons (Fsp3) is 0.600. The van der Waals surface area contributed by atoms with E-state index in [1.165, 1.54) is 30.0 Å². The van der Waals surface area contributed by atoms with Crippen molar-refractivity contribution in [2.24, 2.45) is 5.73 Å². The molecule has 0 spiro atoms. The first kappa shape index (κ1) is 12.7. The van der Waals surface area contributed by atoms with Crippen LogP contribution in [0, 0.1) is 0 Å². The van der Waals surface area contributed by atoms with Crippen molar-refractivity contribution in [2.45, 2.75) is 25.3 Å². The zero-order valence-electron chi connectivity index (χ0n) is 8.56. The Morgan fingerprint density at radius 2 is 2.13 bits per heavy atom. The maximum absolute atomic E-state index is 5.52. The van der Waals surface area contributed by atoms with E-state index in [2.05, 4.69) is 9.97 Å². The summed E-state index contributed by atoms with van der Waals surface area (Å²) < 4.78 is 0. The molecule has 0 amide bonds. The Kier molecular flexibility index (Phi) is 5.36. The molecule has 0 bridgehead atoms. The van der Waals surface area contributed by atoms with Gasteiger partial charge in [0.1, 0.15) is 5.82 Å². The molecule has 1 saturated heterocycles. The van der Waals surface area contributed by atoms with E-state index in [0.29, 0.717) is 12.5 Å². The Morgan fingerprint density at radius 1 is 1.40 bits per heavy atom. The minimum Gasteiger partial charge on any atom is -0.324 e. The molecular weight excluding hydrogens is 230 g/mol. The van der Waals surface area contributed by atoms with E-state index in [4.69, 9.17) is 5.73 Å². The molecule has 0 aromatic carbocycles. The fourth-order valence-corrected chi connectivity index (χ4v) is 2.84. The minimum absolute atomic E-state index is 0. The van der Waals surface area contributed by atoms with Gasteiger partial charge in [-0.1, -0.05) is 0 Å². The minimum atomic E-state index is 0. The number of hydrogen-bond acceptors (Lipinski definition) is 4. The molecule has 0 saturated carbocycles. The molecule has 0 atom stereocenters. The van der Waals surface area contributed by atoms with E-state index in [-0.39, 0.29) is 12.4 Å². The summed E-state index contributed by atoms with van der Waals surface area (Å²) in [6, 6.07) is 2.03. The van der Waals surface area contributed by atoms with Crippen molar-refractivity contribution in [2.75, 3.05) is 11.5 Å². The number of rotatable bonds is 2. The Balaban J connectivity index is 0.00000112. The summed E-state index contributed by atoms with van der Waals surface area (Å²) in [7, 11) is 0. The van der Waals surface area contributed by atoms with E-state index in [1.54, 1.807) is 0 Å². The van der Waals surface area contributed by atoms with Crippen LogP contribution in [0.2, 0.25) is 0 Å². The van der Waals surface area contributed by atoms with Crippen molar-refractivity contribution in [1.82, 2.24) is 9.97 Å². The Hall–Kier alpha value is -0.320. The number of nitrogens with zero attached hydrogens (tertiary/aromatic N) is 2. The van der Waals surface area contributed by atoms with Crippen molar-refractivity contribution in [3.63, 3.8) is 0 Å². The molecule has 3 nitrogen and oxygen atoms in total. The van der Waals surface area contributed by atoms with Gasteiger partial charge in [0.05, 0.1) is 6.54 Å². The van der Waals surface area contributed by atoms with Crippen LogP contribution in [0.15, 0.2) is 12.3 Å². The molecule has 84 valence electrons. The smallest absolute Gasteiger partial charge is 0.142 e. The quantitative estimate of drug-likeness (QED) is 0.866. The topological polar surface area (TPSA) is 51.8 Å². The summed E-state index contributed by atoms with van der Waals surface area (Å²) in [5.74, 6) is 3.91. The van der Waals surface area contributed by atoms with E-state index >= 15 is 0 Å². The van der Waals surface area contributed by atoms with Gasteiger partial charge in [0, 0.05) is 17.8 Å². The largest absolute Gasteiger partial charge is 0.324 e. The first-order valence-electron chi connectivity index (χ1n) is 5.00. The molecule has 15 heavy (non-hydrogen) atoms. The maximum Gasteiger partial charge on any atom is 0.142 e. The third kappa shape index (κ3) is 3.33. The predicted molar refractivity (Wildman–Crippen MR) is 66.5 cm³/mol. The van der Waals surface area contributed by atoms with Crippen LogP contribution < -0.4 is 5.73 Å². The van der Waals surface area contributed by atoms with Gasteiger partial charge in [-0.05, 0) is 30.4 Å². The molecule has 1 aromatic heterocycles. The molecular formula is C10H16ClN3S. The number of hydrogen-bond donors (Lipinski definition) is 1. The normalized spacial score (nSPS) is 17.1. The average molecular weight is 246 g/mol. The van der Waals surface area contributed by atoms with Crippen LogP contribution in [0.4, 0.5) is 0 Å². The third-order valence-corrected chi connectivity index (χ3v) is 3.60. The second-order valence-corrected chi connectivity index (χ2v) is 4.71. The zero-order chi connectivity index (χ0) is 9.80.